The topological polar surface area (TPSA) is 116 Å². The van der Waals surface area contributed by atoms with Crippen molar-refractivity contribution in [3.8, 4) is 11.3 Å². The largest absolute Gasteiger partial charge is 0.384 e. The molecule has 2 aromatic carbocycles. The molecule has 1 unspecified atom stereocenters. The molecule has 3 aromatic rings. The van der Waals surface area contributed by atoms with E-state index in [9.17, 15) is 33.1 Å². The number of nitrogens with zero attached hydrogens (tertiary/aromatic N) is 5. The van der Waals surface area contributed by atoms with Crippen LogP contribution in [-0.2, 0) is 25.7 Å². The molecule has 1 aromatic heterocycles. The first-order chi connectivity index (χ1) is 24.5. The van der Waals surface area contributed by atoms with Gasteiger partial charge in [0.15, 0.2) is 0 Å². The van der Waals surface area contributed by atoms with Crippen LogP contribution in [0.15, 0.2) is 60.8 Å². The maximum absolute atomic E-state index is 16.2. The Morgan fingerprint density at radius 3 is 2.33 bits per heavy atom. The minimum Gasteiger partial charge on any atom is -0.384 e. The fourth-order valence-corrected chi connectivity index (χ4v) is 6.80. The van der Waals surface area contributed by atoms with Gasteiger partial charge in [-0.2, -0.15) is 0 Å². The second kappa shape index (κ2) is 15.8. The van der Waals surface area contributed by atoms with E-state index in [1.165, 1.54) is 53.3 Å². The Bertz CT molecular complexity index is 1840. The van der Waals surface area contributed by atoms with Crippen LogP contribution in [0.2, 0.25) is 0 Å². The number of aliphatic hydroxyl groups is 1. The van der Waals surface area contributed by atoms with E-state index < -0.39 is 53.1 Å². The molecule has 1 fully saturated rings. The smallest absolute Gasteiger partial charge is 0.253 e. The Balaban J connectivity index is 1.44. The lowest BCUT2D eigenvalue weighted by atomic mass is 9.83. The van der Waals surface area contributed by atoms with E-state index >= 15 is 8.78 Å². The summed E-state index contributed by atoms with van der Waals surface area (Å²) in [5.74, 6) is -3.72. The number of amides is 4. The first-order valence-corrected chi connectivity index (χ1v) is 17.3. The van der Waals surface area contributed by atoms with Gasteiger partial charge in [0.25, 0.3) is 17.7 Å². The highest BCUT2D eigenvalue weighted by Gasteiger charge is 2.48. The number of hydrogen-bond acceptors (Lipinski definition) is 6. The highest BCUT2D eigenvalue weighted by molar-refractivity contribution is 6.12. The SMILES string of the molecule is C[C@H](O)C(=O)N(C1CN(C(=O)CCCCCN2C(=O)C=CC2=O)C[C@@H]1F)[C@@H](c1nc(-c2cc(F)ccc2F)cn1Cc1cccc(F)c1)C(C)(C)C. The Morgan fingerprint density at radius 2 is 1.67 bits per heavy atom. The van der Waals surface area contributed by atoms with Gasteiger partial charge in [-0.1, -0.05) is 39.3 Å². The number of unbranched alkanes of at least 4 members (excludes halogenated alkanes) is 2. The number of likely N-dealkylation sites (tertiary alicyclic amines) is 1. The van der Waals surface area contributed by atoms with Crippen LogP contribution in [0.1, 0.15) is 70.8 Å². The third-order valence-electron chi connectivity index (χ3n) is 9.31. The van der Waals surface area contributed by atoms with Gasteiger partial charge in [-0.05, 0) is 61.1 Å². The van der Waals surface area contributed by atoms with Crippen LogP contribution in [0, 0.1) is 22.9 Å². The average Bonchev–Trinajstić information content (AvgIpc) is 3.76. The summed E-state index contributed by atoms with van der Waals surface area (Å²) >= 11 is 0. The van der Waals surface area contributed by atoms with Crippen molar-refractivity contribution in [1.29, 1.82) is 0 Å². The summed E-state index contributed by atoms with van der Waals surface area (Å²) in [6.07, 6.45) is 2.14. The molecule has 0 bridgehead atoms. The predicted octanol–water partition coefficient (Wildman–Crippen LogP) is 5.35. The lowest BCUT2D eigenvalue weighted by Crippen LogP contribution is -2.54. The Morgan fingerprint density at radius 1 is 0.981 bits per heavy atom. The average molecular weight is 726 g/mol. The number of hydrogen-bond donors (Lipinski definition) is 1. The van der Waals surface area contributed by atoms with E-state index in [1.54, 1.807) is 31.4 Å². The highest BCUT2D eigenvalue weighted by atomic mass is 19.1. The molecular formula is C38H43F4N5O5. The second-order valence-electron chi connectivity index (χ2n) is 14.4. The van der Waals surface area contributed by atoms with Crippen molar-refractivity contribution in [2.24, 2.45) is 5.41 Å². The van der Waals surface area contributed by atoms with E-state index in [0.717, 1.165) is 23.1 Å². The molecule has 14 heteroatoms. The number of halogens is 4. The fraction of sp³-hybridized carbons (Fsp3) is 0.447. The van der Waals surface area contributed by atoms with Gasteiger partial charge < -0.3 is 19.5 Å². The summed E-state index contributed by atoms with van der Waals surface area (Å²) in [5, 5.41) is 10.6. The number of carbonyl (C=O) groups excluding carboxylic acids is 4. The van der Waals surface area contributed by atoms with Crippen LogP contribution in [0.5, 0.6) is 0 Å². The van der Waals surface area contributed by atoms with Crippen molar-refractivity contribution in [2.75, 3.05) is 19.6 Å². The first kappa shape index (κ1) is 38.4. The van der Waals surface area contributed by atoms with Gasteiger partial charge in [0, 0.05) is 50.0 Å². The lowest BCUT2D eigenvalue weighted by Gasteiger charge is -2.44. The molecule has 278 valence electrons. The van der Waals surface area contributed by atoms with Crippen LogP contribution < -0.4 is 0 Å². The van der Waals surface area contributed by atoms with Crippen LogP contribution in [0.4, 0.5) is 17.6 Å². The van der Waals surface area contributed by atoms with Crippen molar-refractivity contribution < 1.29 is 41.8 Å². The molecule has 4 amide bonds. The molecule has 52 heavy (non-hydrogen) atoms. The standard InChI is InChI=1S/C38H43F4N5O5/c1-23(48)37(52)47(31-22-44(20-29(31)42)32(49)11-6-5-7-16-46-33(50)14-15-34(46)51)35(38(2,3)4)36-43-30(27-18-26(40)12-13-28(27)41)21-45(36)19-24-9-8-10-25(39)17-24/h8-10,12-15,17-18,21,23,29,31,35,48H,5-7,11,16,19-20,22H2,1-4H3/t23-,29-,31?,35-/m0/s1. The summed E-state index contributed by atoms with van der Waals surface area (Å²) in [4.78, 5) is 59.2. The van der Waals surface area contributed by atoms with Crippen molar-refractivity contribution in [2.45, 2.75) is 84.3 Å². The number of imide groups is 1. The van der Waals surface area contributed by atoms with Crippen molar-refractivity contribution in [3.05, 3.63) is 89.7 Å². The molecule has 1 N–H and O–H groups in total. The zero-order chi connectivity index (χ0) is 37.9. The van der Waals surface area contributed by atoms with Gasteiger partial charge in [0.05, 0.1) is 24.3 Å². The molecule has 5 rings (SSSR count). The molecule has 2 aliphatic rings. The zero-order valence-electron chi connectivity index (χ0n) is 29.6. The first-order valence-electron chi connectivity index (χ1n) is 17.3. The minimum atomic E-state index is -1.71. The van der Waals surface area contributed by atoms with E-state index in [2.05, 4.69) is 0 Å². The summed E-state index contributed by atoms with van der Waals surface area (Å²) in [6.45, 7) is 6.37. The van der Waals surface area contributed by atoms with Gasteiger partial charge in [0.1, 0.15) is 35.6 Å². The van der Waals surface area contributed by atoms with Gasteiger partial charge >= 0.3 is 0 Å². The normalized spacial score (nSPS) is 18.7. The van der Waals surface area contributed by atoms with Crippen LogP contribution in [-0.4, -0.2) is 90.9 Å². The molecule has 0 spiro atoms. The van der Waals surface area contributed by atoms with Gasteiger partial charge in [-0.3, -0.25) is 24.1 Å². The minimum absolute atomic E-state index is 0.00520. The predicted molar refractivity (Wildman–Crippen MR) is 183 cm³/mol. The summed E-state index contributed by atoms with van der Waals surface area (Å²) in [7, 11) is 0. The van der Waals surface area contributed by atoms with Crippen molar-refractivity contribution >= 4 is 23.6 Å². The van der Waals surface area contributed by atoms with Crippen LogP contribution in [0.25, 0.3) is 11.3 Å². The summed E-state index contributed by atoms with van der Waals surface area (Å²) < 4.78 is 61.4. The number of imidazole rings is 1. The lowest BCUT2D eigenvalue weighted by molar-refractivity contribution is -0.150. The third-order valence-corrected chi connectivity index (χ3v) is 9.31. The number of aliphatic hydroxyl groups excluding tert-OH is 1. The van der Waals surface area contributed by atoms with Crippen LogP contribution in [0.3, 0.4) is 0 Å². The summed E-state index contributed by atoms with van der Waals surface area (Å²) in [5.41, 5.74) is -0.534. The van der Waals surface area contributed by atoms with Crippen molar-refractivity contribution in [1.82, 2.24) is 24.3 Å². The molecule has 0 radical (unpaired) electrons. The van der Waals surface area contributed by atoms with Gasteiger partial charge in [-0.25, -0.2) is 22.5 Å². The van der Waals surface area contributed by atoms with Gasteiger partial charge in [0.2, 0.25) is 5.91 Å². The number of benzene rings is 2. The fourth-order valence-electron chi connectivity index (χ4n) is 6.80. The quantitative estimate of drug-likeness (QED) is 0.145. The van der Waals surface area contributed by atoms with Gasteiger partial charge in [-0.15, -0.1) is 0 Å². The number of carbonyl (C=O) groups is 4. The molecule has 0 saturated carbocycles. The number of aromatic nitrogens is 2. The van der Waals surface area contributed by atoms with E-state index in [4.69, 9.17) is 4.98 Å². The molecule has 3 heterocycles. The molecular weight excluding hydrogens is 682 g/mol. The third kappa shape index (κ3) is 8.60. The van der Waals surface area contributed by atoms with Crippen molar-refractivity contribution in [3.63, 3.8) is 0 Å². The number of alkyl halides is 1. The number of rotatable bonds is 13. The Labute approximate surface area is 299 Å². The molecule has 2 aliphatic heterocycles. The molecule has 4 atom stereocenters. The molecule has 1 saturated heterocycles. The van der Waals surface area contributed by atoms with E-state index in [1.807, 2.05) is 0 Å². The highest BCUT2D eigenvalue weighted by Crippen LogP contribution is 2.42. The summed E-state index contributed by atoms with van der Waals surface area (Å²) in [6, 6.07) is 6.40. The molecule has 0 aliphatic carbocycles. The maximum Gasteiger partial charge on any atom is 0.253 e. The Hall–Kier alpha value is -4.85. The van der Waals surface area contributed by atoms with E-state index in [-0.39, 0.29) is 67.4 Å². The monoisotopic (exact) mass is 725 g/mol. The van der Waals surface area contributed by atoms with Crippen LogP contribution >= 0.6 is 0 Å². The van der Waals surface area contributed by atoms with E-state index in [0.29, 0.717) is 24.8 Å². The molecule has 10 nitrogen and oxygen atoms in total. The maximum atomic E-state index is 16.2. The Kier molecular flexibility index (Phi) is 11.7. The zero-order valence-corrected chi connectivity index (χ0v) is 29.6. The second-order valence-corrected chi connectivity index (χ2v) is 14.4.